The monoisotopic (exact) mass is 245 g/mol. The molecule has 1 heterocycles. The molecule has 0 bridgehead atoms. The number of esters is 1. The molecular weight excluding hydrogens is 230 g/mol. The summed E-state index contributed by atoms with van der Waals surface area (Å²) < 4.78 is 4.53. The highest BCUT2D eigenvalue weighted by Crippen LogP contribution is 2.29. The van der Waals surface area contributed by atoms with Crippen molar-refractivity contribution in [2.45, 2.75) is 13.3 Å². The van der Waals surface area contributed by atoms with Crippen molar-refractivity contribution < 1.29 is 14.3 Å². The van der Waals surface area contributed by atoms with Gasteiger partial charge in [-0.05, 0) is 36.3 Å². The Morgan fingerprint density at radius 3 is 2.94 bits per heavy atom. The van der Waals surface area contributed by atoms with Gasteiger partial charge in [0.1, 0.15) is 0 Å². The van der Waals surface area contributed by atoms with Gasteiger partial charge in [-0.15, -0.1) is 0 Å². The van der Waals surface area contributed by atoms with E-state index in [0.29, 0.717) is 13.0 Å². The lowest BCUT2D eigenvalue weighted by Gasteiger charge is -2.14. The summed E-state index contributed by atoms with van der Waals surface area (Å²) in [5.41, 5.74) is 2.87. The molecule has 0 aromatic heterocycles. The molecule has 0 unspecified atom stereocenters. The zero-order valence-corrected chi connectivity index (χ0v) is 10.5. The third kappa shape index (κ3) is 2.27. The average Bonchev–Trinajstić information content (AvgIpc) is 2.70. The Hall–Kier alpha value is -2.10. The zero-order chi connectivity index (χ0) is 13.1. The lowest BCUT2D eigenvalue weighted by Crippen LogP contribution is -2.25. The Labute approximate surface area is 106 Å². The Kier molecular flexibility index (Phi) is 3.46. The molecule has 0 saturated carbocycles. The van der Waals surface area contributed by atoms with E-state index in [1.54, 1.807) is 11.0 Å². The quantitative estimate of drug-likeness (QED) is 0.602. The number of carbonyl (C=O) groups excluding carboxylic acids is 2. The van der Waals surface area contributed by atoms with E-state index in [2.05, 4.69) is 4.74 Å². The Balaban J connectivity index is 2.25. The topological polar surface area (TPSA) is 46.6 Å². The van der Waals surface area contributed by atoms with E-state index >= 15 is 0 Å². The number of hydrogen-bond acceptors (Lipinski definition) is 3. The summed E-state index contributed by atoms with van der Waals surface area (Å²) in [4.78, 5) is 24.5. The highest BCUT2D eigenvalue weighted by atomic mass is 16.5. The molecule has 4 heteroatoms. The van der Waals surface area contributed by atoms with Gasteiger partial charge in [-0.25, -0.2) is 4.79 Å². The van der Waals surface area contributed by atoms with Crippen LogP contribution in [0, 0.1) is 0 Å². The maximum absolute atomic E-state index is 11.7. The first-order valence-corrected chi connectivity index (χ1v) is 5.85. The van der Waals surface area contributed by atoms with E-state index in [0.717, 1.165) is 16.8 Å². The second kappa shape index (κ2) is 5.04. The maximum atomic E-state index is 11.7. The van der Waals surface area contributed by atoms with Crippen LogP contribution in [-0.4, -0.2) is 25.5 Å². The number of anilines is 1. The van der Waals surface area contributed by atoms with Crippen molar-refractivity contribution in [2.24, 2.45) is 0 Å². The number of methoxy groups -OCH3 is 1. The van der Waals surface area contributed by atoms with Crippen LogP contribution >= 0.6 is 0 Å². The van der Waals surface area contributed by atoms with Crippen LogP contribution in [0.5, 0.6) is 0 Å². The SMILES string of the molecule is CCN1C(=O)Cc2cc(C=CC(=O)OC)ccc21. The number of carbonyl (C=O) groups is 2. The van der Waals surface area contributed by atoms with Gasteiger partial charge in [0.25, 0.3) is 0 Å². The second-order valence-electron chi connectivity index (χ2n) is 4.06. The fourth-order valence-electron chi connectivity index (χ4n) is 2.09. The van der Waals surface area contributed by atoms with Crippen LogP contribution in [0.4, 0.5) is 5.69 Å². The minimum atomic E-state index is -0.387. The van der Waals surface area contributed by atoms with E-state index in [9.17, 15) is 9.59 Å². The molecule has 1 aliphatic heterocycles. The zero-order valence-electron chi connectivity index (χ0n) is 10.5. The van der Waals surface area contributed by atoms with Crippen LogP contribution in [0.25, 0.3) is 6.08 Å². The van der Waals surface area contributed by atoms with Crippen molar-refractivity contribution in [1.82, 2.24) is 0 Å². The molecule has 2 rings (SSSR count). The molecule has 1 aromatic carbocycles. The van der Waals surface area contributed by atoms with Gasteiger partial charge in [0.05, 0.1) is 13.5 Å². The van der Waals surface area contributed by atoms with Gasteiger partial charge in [0.2, 0.25) is 5.91 Å². The fourth-order valence-corrected chi connectivity index (χ4v) is 2.09. The molecule has 1 amide bonds. The lowest BCUT2D eigenvalue weighted by atomic mass is 10.1. The predicted octanol–water partition coefficient (Wildman–Crippen LogP) is 1.78. The minimum absolute atomic E-state index is 0.126. The van der Waals surface area contributed by atoms with Gasteiger partial charge in [-0.1, -0.05) is 6.07 Å². The van der Waals surface area contributed by atoms with Gasteiger partial charge in [-0.3, -0.25) is 4.79 Å². The van der Waals surface area contributed by atoms with Crippen LogP contribution in [0.3, 0.4) is 0 Å². The van der Waals surface area contributed by atoms with Crippen LogP contribution in [0.15, 0.2) is 24.3 Å². The van der Waals surface area contributed by atoms with E-state index in [-0.39, 0.29) is 11.9 Å². The highest BCUT2D eigenvalue weighted by molar-refractivity contribution is 6.01. The number of likely N-dealkylation sites (N-methyl/N-ethyl adjacent to an activating group) is 1. The number of amides is 1. The van der Waals surface area contributed by atoms with E-state index in [1.807, 2.05) is 25.1 Å². The number of nitrogens with zero attached hydrogens (tertiary/aromatic N) is 1. The first-order chi connectivity index (χ1) is 8.65. The molecule has 0 fully saturated rings. The number of ether oxygens (including phenoxy) is 1. The van der Waals surface area contributed by atoms with Gasteiger partial charge >= 0.3 is 5.97 Å². The molecule has 18 heavy (non-hydrogen) atoms. The first kappa shape index (κ1) is 12.4. The van der Waals surface area contributed by atoms with E-state index < -0.39 is 0 Å². The molecule has 0 aliphatic carbocycles. The third-order valence-electron chi connectivity index (χ3n) is 2.97. The molecule has 0 atom stereocenters. The van der Waals surface area contributed by atoms with Crippen LogP contribution in [0.2, 0.25) is 0 Å². The van der Waals surface area contributed by atoms with Crippen LogP contribution < -0.4 is 4.90 Å². The van der Waals surface area contributed by atoms with Crippen molar-refractivity contribution >= 4 is 23.6 Å². The molecule has 94 valence electrons. The molecule has 1 aromatic rings. The van der Waals surface area contributed by atoms with Gasteiger partial charge in [-0.2, -0.15) is 0 Å². The average molecular weight is 245 g/mol. The minimum Gasteiger partial charge on any atom is -0.466 e. The third-order valence-corrected chi connectivity index (χ3v) is 2.97. The number of rotatable bonds is 3. The van der Waals surface area contributed by atoms with E-state index in [4.69, 9.17) is 0 Å². The predicted molar refractivity (Wildman–Crippen MR) is 69.2 cm³/mol. The van der Waals surface area contributed by atoms with Crippen LogP contribution in [-0.2, 0) is 20.7 Å². The summed E-state index contributed by atoms with van der Waals surface area (Å²) in [6, 6.07) is 5.74. The van der Waals surface area contributed by atoms with Gasteiger partial charge < -0.3 is 9.64 Å². The smallest absolute Gasteiger partial charge is 0.330 e. The van der Waals surface area contributed by atoms with Crippen molar-refractivity contribution in [3.8, 4) is 0 Å². The lowest BCUT2D eigenvalue weighted by molar-refractivity contribution is -0.134. The van der Waals surface area contributed by atoms with Crippen molar-refractivity contribution in [3.05, 3.63) is 35.4 Å². The molecule has 1 aliphatic rings. The summed E-state index contributed by atoms with van der Waals surface area (Å²) in [7, 11) is 1.34. The van der Waals surface area contributed by atoms with Crippen LogP contribution in [0.1, 0.15) is 18.1 Å². The Morgan fingerprint density at radius 1 is 1.50 bits per heavy atom. The molecular formula is C14H15NO3. The molecule has 4 nitrogen and oxygen atoms in total. The normalized spacial score (nSPS) is 14.1. The summed E-state index contributed by atoms with van der Waals surface area (Å²) in [6.07, 6.45) is 3.49. The summed E-state index contributed by atoms with van der Waals surface area (Å²) in [6.45, 7) is 2.64. The van der Waals surface area contributed by atoms with E-state index in [1.165, 1.54) is 13.2 Å². The molecule has 0 N–H and O–H groups in total. The molecule has 0 saturated heterocycles. The summed E-state index contributed by atoms with van der Waals surface area (Å²) >= 11 is 0. The largest absolute Gasteiger partial charge is 0.466 e. The fraction of sp³-hybridized carbons (Fsp3) is 0.286. The van der Waals surface area contributed by atoms with Crippen molar-refractivity contribution in [1.29, 1.82) is 0 Å². The van der Waals surface area contributed by atoms with Crippen molar-refractivity contribution in [2.75, 3.05) is 18.6 Å². The van der Waals surface area contributed by atoms with Gasteiger partial charge in [0, 0.05) is 18.3 Å². The highest BCUT2D eigenvalue weighted by Gasteiger charge is 2.25. The molecule has 0 radical (unpaired) electrons. The van der Waals surface area contributed by atoms with Crippen molar-refractivity contribution in [3.63, 3.8) is 0 Å². The standard InChI is InChI=1S/C14H15NO3/c1-3-15-12-6-4-10(5-7-14(17)18-2)8-11(12)9-13(15)16/h4-8H,3,9H2,1-2H3. The summed E-state index contributed by atoms with van der Waals surface area (Å²) in [5, 5.41) is 0. The summed E-state index contributed by atoms with van der Waals surface area (Å²) in [5.74, 6) is -0.261. The first-order valence-electron chi connectivity index (χ1n) is 5.85. The number of hydrogen-bond donors (Lipinski definition) is 0. The number of benzene rings is 1. The maximum Gasteiger partial charge on any atom is 0.330 e. The molecule has 0 spiro atoms. The van der Waals surface area contributed by atoms with Gasteiger partial charge in [0.15, 0.2) is 0 Å². The Bertz CT molecular complexity index is 520. The number of fused-ring (bicyclic) bond motifs is 1. The second-order valence-corrected chi connectivity index (χ2v) is 4.06. The Morgan fingerprint density at radius 2 is 2.28 bits per heavy atom.